The molecule has 1 aliphatic rings. The van der Waals surface area contributed by atoms with Gasteiger partial charge in [-0.1, -0.05) is 13.8 Å². The number of amides is 1. The molecule has 0 radical (unpaired) electrons. The van der Waals surface area contributed by atoms with Gasteiger partial charge in [-0.15, -0.1) is 0 Å². The van der Waals surface area contributed by atoms with Crippen LogP contribution in [0.4, 0.5) is 13.2 Å². The Morgan fingerprint density at radius 1 is 1.11 bits per heavy atom. The number of nitrogens with zero attached hydrogens (tertiary/aromatic N) is 2. The summed E-state index contributed by atoms with van der Waals surface area (Å²) in [6, 6.07) is 4.48. The number of benzene rings is 1. The van der Waals surface area contributed by atoms with Crippen LogP contribution in [0.1, 0.15) is 37.0 Å². The van der Waals surface area contributed by atoms with E-state index < -0.39 is 34.7 Å². The second kappa shape index (κ2) is 9.23. The van der Waals surface area contributed by atoms with Crippen LogP contribution in [-0.2, 0) is 14.8 Å². The van der Waals surface area contributed by atoms with Crippen LogP contribution in [0.25, 0.3) is 0 Å². The maximum atomic E-state index is 13.0. The molecule has 2 rings (SSSR count). The first kappa shape index (κ1) is 22.6. The average Bonchev–Trinajstić information content (AvgIpc) is 2.66. The molecule has 0 saturated carbocycles. The van der Waals surface area contributed by atoms with Gasteiger partial charge in [-0.3, -0.25) is 4.79 Å². The third-order valence-corrected chi connectivity index (χ3v) is 6.75. The normalized spacial score (nSPS) is 16.4. The van der Waals surface area contributed by atoms with Crippen molar-refractivity contribution in [1.82, 2.24) is 9.21 Å². The molecular formula is C18H25F3N2O4S. The van der Waals surface area contributed by atoms with Gasteiger partial charge in [-0.05, 0) is 37.1 Å². The summed E-state index contributed by atoms with van der Waals surface area (Å²) in [5.74, 6) is -0.768. The van der Waals surface area contributed by atoms with Crippen LogP contribution in [0.15, 0.2) is 29.2 Å². The number of sulfonamides is 1. The Labute approximate surface area is 163 Å². The first-order chi connectivity index (χ1) is 13.1. The Bertz CT molecular complexity index is 756. The molecule has 10 heteroatoms. The molecule has 158 valence electrons. The zero-order valence-corrected chi connectivity index (χ0v) is 16.7. The topological polar surface area (TPSA) is 66.9 Å². The van der Waals surface area contributed by atoms with Crippen molar-refractivity contribution in [3.05, 3.63) is 29.8 Å². The van der Waals surface area contributed by atoms with Crippen molar-refractivity contribution in [3.8, 4) is 0 Å². The number of ether oxygens (including phenoxy) is 1. The Morgan fingerprint density at radius 3 is 2.11 bits per heavy atom. The molecule has 28 heavy (non-hydrogen) atoms. The lowest BCUT2D eigenvalue weighted by atomic mass is 10.1. The molecule has 0 aliphatic carbocycles. The fourth-order valence-corrected chi connectivity index (χ4v) is 4.66. The van der Waals surface area contributed by atoms with Crippen molar-refractivity contribution in [2.75, 3.05) is 32.8 Å². The van der Waals surface area contributed by atoms with Gasteiger partial charge in [0.15, 0.2) is 0 Å². The van der Waals surface area contributed by atoms with Gasteiger partial charge in [0.1, 0.15) is 6.54 Å². The highest BCUT2D eigenvalue weighted by atomic mass is 32.2. The summed E-state index contributed by atoms with van der Waals surface area (Å²) in [5, 5.41) is 0. The van der Waals surface area contributed by atoms with E-state index in [0.717, 1.165) is 4.90 Å². The predicted octanol–water partition coefficient (Wildman–Crippen LogP) is 2.90. The van der Waals surface area contributed by atoms with Crippen molar-refractivity contribution in [2.24, 2.45) is 0 Å². The molecule has 1 fully saturated rings. The van der Waals surface area contributed by atoms with E-state index in [9.17, 15) is 26.4 Å². The number of carbonyl (C=O) groups is 1. The molecule has 1 heterocycles. The van der Waals surface area contributed by atoms with Crippen LogP contribution < -0.4 is 0 Å². The van der Waals surface area contributed by atoms with E-state index in [1.54, 1.807) is 13.8 Å². The molecule has 1 aromatic carbocycles. The monoisotopic (exact) mass is 422 g/mol. The van der Waals surface area contributed by atoms with Crippen LogP contribution in [0.5, 0.6) is 0 Å². The maximum Gasteiger partial charge on any atom is 0.406 e. The lowest BCUT2D eigenvalue weighted by Gasteiger charge is -2.35. The van der Waals surface area contributed by atoms with Gasteiger partial charge in [0.05, 0.1) is 4.90 Å². The van der Waals surface area contributed by atoms with Gasteiger partial charge < -0.3 is 9.64 Å². The molecule has 1 amide bonds. The van der Waals surface area contributed by atoms with Gasteiger partial charge in [0.25, 0.3) is 5.91 Å². The van der Waals surface area contributed by atoms with E-state index in [-0.39, 0.29) is 10.5 Å². The summed E-state index contributed by atoms with van der Waals surface area (Å²) in [7, 11) is -3.70. The summed E-state index contributed by atoms with van der Waals surface area (Å²) in [6.45, 7) is 3.26. The number of alkyl halides is 3. The van der Waals surface area contributed by atoms with Crippen molar-refractivity contribution in [2.45, 2.75) is 43.8 Å². The van der Waals surface area contributed by atoms with Crippen LogP contribution in [-0.4, -0.2) is 68.6 Å². The number of halogens is 3. The largest absolute Gasteiger partial charge is 0.406 e. The van der Waals surface area contributed by atoms with E-state index in [4.69, 9.17) is 4.74 Å². The van der Waals surface area contributed by atoms with Crippen molar-refractivity contribution in [3.63, 3.8) is 0 Å². The molecule has 1 aliphatic heterocycles. The van der Waals surface area contributed by atoms with Gasteiger partial charge in [-0.2, -0.15) is 17.5 Å². The molecule has 0 aromatic heterocycles. The molecule has 0 unspecified atom stereocenters. The molecule has 1 saturated heterocycles. The first-order valence-electron chi connectivity index (χ1n) is 9.15. The van der Waals surface area contributed by atoms with Crippen LogP contribution in [0.3, 0.4) is 0 Å². The SMILES string of the molecule is CCN(CC)S(=O)(=O)c1ccc(C(=O)N(CC(F)(F)F)C2CCOCC2)cc1. The lowest BCUT2D eigenvalue weighted by molar-refractivity contribution is -0.147. The number of carbonyl (C=O) groups excluding carboxylic acids is 1. The highest BCUT2D eigenvalue weighted by Crippen LogP contribution is 2.25. The fraction of sp³-hybridized carbons (Fsp3) is 0.611. The molecule has 0 atom stereocenters. The fourth-order valence-electron chi connectivity index (χ4n) is 3.20. The zero-order chi connectivity index (χ0) is 20.9. The summed E-state index contributed by atoms with van der Waals surface area (Å²) < 4.78 is 70.5. The van der Waals surface area contributed by atoms with E-state index in [1.165, 1.54) is 28.6 Å². The summed E-state index contributed by atoms with van der Waals surface area (Å²) >= 11 is 0. The van der Waals surface area contributed by atoms with Crippen LogP contribution in [0.2, 0.25) is 0 Å². The van der Waals surface area contributed by atoms with Crippen LogP contribution >= 0.6 is 0 Å². The highest BCUT2D eigenvalue weighted by molar-refractivity contribution is 7.89. The van der Waals surface area contributed by atoms with Gasteiger partial charge in [0, 0.05) is 37.9 Å². The van der Waals surface area contributed by atoms with E-state index in [2.05, 4.69) is 0 Å². The minimum atomic E-state index is -4.53. The lowest BCUT2D eigenvalue weighted by Crippen LogP contribution is -2.47. The second-order valence-corrected chi connectivity index (χ2v) is 8.44. The smallest absolute Gasteiger partial charge is 0.381 e. The Hall–Kier alpha value is -1.65. The van der Waals surface area contributed by atoms with Gasteiger partial charge >= 0.3 is 6.18 Å². The number of hydrogen-bond acceptors (Lipinski definition) is 4. The summed E-state index contributed by atoms with van der Waals surface area (Å²) in [4.78, 5) is 13.6. The molecule has 0 bridgehead atoms. The van der Waals surface area contributed by atoms with E-state index in [1.807, 2.05) is 0 Å². The quantitative estimate of drug-likeness (QED) is 0.678. The Balaban J connectivity index is 2.27. The van der Waals surface area contributed by atoms with Gasteiger partial charge in [0.2, 0.25) is 10.0 Å². The molecular weight excluding hydrogens is 397 g/mol. The molecule has 1 aromatic rings. The van der Waals surface area contributed by atoms with Crippen molar-refractivity contribution in [1.29, 1.82) is 0 Å². The summed E-state index contributed by atoms with van der Waals surface area (Å²) in [6.07, 6.45) is -3.87. The molecule has 0 spiro atoms. The van der Waals surface area contributed by atoms with Crippen LogP contribution in [0, 0.1) is 0 Å². The standard InChI is InChI=1S/C18H25F3N2O4S/c1-3-22(4-2)28(25,26)16-7-5-14(6-8-16)17(24)23(13-18(19,20)21)15-9-11-27-12-10-15/h5-8,15H,3-4,9-13H2,1-2H3. The average molecular weight is 422 g/mol. The maximum absolute atomic E-state index is 13.0. The number of rotatable bonds is 7. The molecule has 6 nitrogen and oxygen atoms in total. The van der Waals surface area contributed by atoms with Crippen molar-refractivity contribution >= 4 is 15.9 Å². The number of hydrogen-bond donors (Lipinski definition) is 0. The van der Waals surface area contributed by atoms with Gasteiger partial charge in [-0.25, -0.2) is 8.42 Å². The minimum absolute atomic E-state index is 0.00110. The summed E-state index contributed by atoms with van der Waals surface area (Å²) in [5.41, 5.74) is 0.0224. The van der Waals surface area contributed by atoms with E-state index >= 15 is 0 Å². The predicted molar refractivity (Wildman–Crippen MR) is 97.5 cm³/mol. The Morgan fingerprint density at radius 2 is 1.64 bits per heavy atom. The second-order valence-electron chi connectivity index (χ2n) is 6.51. The Kier molecular flexibility index (Phi) is 7.46. The molecule has 0 N–H and O–H groups in total. The third kappa shape index (κ3) is 5.45. The first-order valence-corrected chi connectivity index (χ1v) is 10.6. The van der Waals surface area contributed by atoms with E-state index in [0.29, 0.717) is 39.1 Å². The minimum Gasteiger partial charge on any atom is -0.381 e. The van der Waals surface area contributed by atoms with Crippen molar-refractivity contribution < 1.29 is 31.1 Å². The zero-order valence-electron chi connectivity index (χ0n) is 15.9. The highest BCUT2D eigenvalue weighted by Gasteiger charge is 2.37. The third-order valence-electron chi connectivity index (χ3n) is 4.69.